The molecule has 7 nitrogen and oxygen atoms in total. The van der Waals surface area contributed by atoms with Crippen LogP contribution >= 0.6 is 11.6 Å². The smallest absolute Gasteiger partial charge is 0.280 e. The molecule has 0 aliphatic carbocycles. The summed E-state index contributed by atoms with van der Waals surface area (Å²) in [7, 11) is 0. The molecule has 2 aromatic carbocycles. The van der Waals surface area contributed by atoms with Gasteiger partial charge in [-0.1, -0.05) is 41.9 Å². The van der Waals surface area contributed by atoms with Crippen LogP contribution in [0.2, 0.25) is 5.02 Å². The van der Waals surface area contributed by atoms with Gasteiger partial charge in [-0.15, -0.1) is 10.2 Å². The van der Waals surface area contributed by atoms with Gasteiger partial charge in [0.15, 0.2) is 17.2 Å². The van der Waals surface area contributed by atoms with Crippen molar-refractivity contribution in [2.45, 2.75) is 6.92 Å². The second-order valence-corrected chi connectivity index (χ2v) is 6.45. The fraction of sp³-hybridized carbons (Fsp3) is 0.0526. The average molecular weight is 379 g/mol. The second-order valence-electron chi connectivity index (χ2n) is 6.01. The zero-order chi connectivity index (χ0) is 19.0. The van der Waals surface area contributed by atoms with Gasteiger partial charge >= 0.3 is 0 Å². The summed E-state index contributed by atoms with van der Waals surface area (Å²) in [6, 6.07) is 16.4. The molecule has 0 spiro atoms. The summed E-state index contributed by atoms with van der Waals surface area (Å²) in [6.45, 7) is 1.90. The number of benzene rings is 2. The summed E-state index contributed by atoms with van der Waals surface area (Å²) < 4.78 is 1.41. The molecular weight excluding hydrogens is 364 g/mol. The fourth-order valence-electron chi connectivity index (χ4n) is 2.69. The number of nitrogen functional groups attached to an aromatic ring is 1. The summed E-state index contributed by atoms with van der Waals surface area (Å²) in [6.07, 6.45) is 0. The Kier molecular flexibility index (Phi) is 4.21. The van der Waals surface area contributed by atoms with E-state index in [-0.39, 0.29) is 11.5 Å². The number of amides is 1. The van der Waals surface area contributed by atoms with E-state index < -0.39 is 5.91 Å². The molecule has 0 atom stereocenters. The van der Waals surface area contributed by atoms with Crippen LogP contribution < -0.4 is 11.1 Å². The van der Waals surface area contributed by atoms with Crippen molar-refractivity contribution in [1.82, 2.24) is 19.8 Å². The summed E-state index contributed by atoms with van der Waals surface area (Å²) in [5, 5.41) is 15.9. The van der Waals surface area contributed by atoms with Crippen LogP contribution in [-0.4, -0.2) is 25.7 Å². The molecule has 4 rings (SSSR count). The highest BCUT2D eigenvalue weighted by molar-refractivity contribution is 6.30. The molecule has 4 aromatic rings. The number of halogens is 1. The third kappa shape index (κ3) is 3.20. The van der Waals surface area contributed by atoms with Gasteiger partial charge in [0.05, 0.1) is 5.69 Å². The molecule has 0 fully saturated rings. The molecule has 134 valence electrons. The van der Waals surface area contributed by atoms with Crippen LogP contribution in [0.5, 0.6) is 0 Å². The molecule has 0 aliphatic rings. The van der Waals surface area contributed by atoms with Gasteiger partial charge in [-0.2, -0.15) is 9.61 Å². The minimum atomic E-state index is -0.445. The van der Waals surface area contributed by atoms with Crippen LogP contribution in [-0.2, 0) is 0 Å². The Balaban J connectivity index is 1.70. The van der Waals surface area contributed by atoms with Gasteiger partial charge in [0, 0.05) is 22.3 Å². The van der Waals surface area contributed by atoms with Crippen LogP contribution in [0, 0.1) is 6.92 Å². The Labute approximate surface area is 159 Å². The molecule has 0 aliphatic heterocycles. The van der Waals surface area contributed by atoms with Gasteiger partial charge in [-0.3, -0.25) is 4.79 Å². The Bertz CT molecular complexity index is 1150. The van der Waals surface area contributed by atoms with Crippen molar-refractivity contribution in [2.24, 2.45) is 0 Å². The van der Waals surface area contributed by atoms with E-state index in [4.69, 9.17) is 17.3 Å². The quantitative estimate of drug-likeness (QED) is 0.567. The van der Waals surface area contributed by atoms with Crippen molar-refractivity contribution in [3.63, 3.8) is 0 Å². The molecule has 27 heavy (non-hydrogen) atoms. The Morgan fingerprint density at radius 1 is 1.11 bits per heavy atom. The van der Waals surface area contributed by atoms with Crippen molar-refractivity contribution in [3.8, 4) is 11.3 Å². The standard InChI is InChI=1S/C19H15ClN6O/c1-11-4-2-3-5-14(11)22-19(27)17-18(21)26-16(23-24-17)10-15(25-26)12-6-8-13(20)9-7-12/h2-10H,21H2,1H3,(H,22,27). The lowest BCUT2D eigenvalue weighted by Crippen LogP contribution is -2.19. The van der Waals surface area contributed by atoms with E-state index in [0.717, 1.165) is 11.1 Å². The third-order valence-electron chi connectivity index (χ3n) is 4.16. The lowest BCUT2D eigenvalue weighted by atomic mass is 10.2. The maximum atomic E-state index is 12.6. The highest BCUT2D eigenvalue weighted by Crippen LogP contribution is 2.23. The fourth-order valence-corrected chi connectivity index (χ4v) is 2.82. The number of nitrogens with zero attached hydrogens (tertiary/aromatic N) is 4. The largest absolute Gasteiger partial charge is 0.382 e. The number of aromatic nitrogens is 4. The number of carbonyl (C=O) groups is 1. The van der Waals surface area contributed by atoms with Crippen LogP contribution in [0.1, 0.15) is 16.1 Å². The first-order valence-corrected chi connectivity index (χ1v) is 8.55. The monoisotopic (exact) mass is 378 g/mol. The van der Waals surface area contributed by atoms with Gasteiger partial charge in [-0.25, -0.2) is 0 Å². The van der Waals surface area contributed by atoms with E-state index in [1.54, 1.807) is 18.2 Å². The predicted octanol–water partition coefficient (Wildman–Crippen LogP) is 3.59. The van der Waals surface area contributed by atoms with Crippen molar-refractivity contribution >= 4 is 34.7 Å². The molecular formula is C19H15ClN6O. The van der Waals surface area contributed by atoms with E-state index in [9.17, 15) is 4.79 Å². The molecule has 0 saturated carbocycles. The first-order chi connectivity index (χ1) is 13.0. The summed E-state index contributed by atoms with van der Waals surface area (Å²) in [4.78, 5) is 12.6. The van der Waals surface area contributed by atoms with Gasteiger partial charge in [0.1, 0.15) is 0 Å². The normalized spacial score (nSPS) is 10.9. The number of nitrogens with two attached hydrogens (primary N) is 1. The molecule has 0 radical (unpaired) electrons. The van der Waals surface area contributed by atoms with Crippen molar-refractivity contribution in [2.75, 3.05) is 11.1 Å². The molecule has 2 aromatic heterocycles. The number of para-hydroxylation sites is 1. The maximum absolute atomic E-state index is 12.6. The van der Waals surface area contributed by atoms with Crippen molar-refractivity contribution in [3.05, 3.63) is 70.9 Å². The molecule has 3 N–H and O–H groups in total. The van der Waals surface area contributed by atoms with Gasteiger partial charge in [0.2, 0.25) is 0 Å². The SMILES string of the molecule is Cc1ccccc1NC(=O)c1nnc2cc(-c3ccc(Cl)cc3)nn2c1N. The van der Waals surface area contributed by atoms with E-state index in [1.807, 2.05) is 43.3 Å². The number of hydrogen-bond acceptors (Lipinski definition) is 5. The molecule has 0 unspecified atom stereocenters. The Hall–Kier alpha value is -3.45. The maximum Gasteiger partial charge on any atom is 0.280 e. The van der Waals surface area contributed by atoms with Gasteiger partial charge in [-0.05, 0) is 30.7 Å². The molecule has 1 amide bonds. The number of hydrogen-bond donors (Lipinski definition) is 2. The zero-order valence-corrected chi connectivity index (χ0v) is 15.1. The van der Waals surface area contributed by atoms with Crippen LogP contribution in [0.4, 0.5) is 11.5 Å². The summed E-state index contributed by atoms with van der Waals surface area (Å²) in [5.41, 5.74) is 9.74. The highest BCUT2D eigenvalue weighted by atomic mass is 35.5. The van der Waals surface area contributed by atoms with Gasteiger partial charge < -0.3 is 11.1 Å². The summed E-state index contributed by atoms with van der Waals surface area (Å²) in [5.74, 6) is -0.328. The van der Waals surface area contributed by atoms with Crippen LogP contribution in [0.15, 0.2) is 54.6 Å². The van der Waals surface area contributed by atoms with Crippen molar-refractivity contribution in [1.29, 1.82) is 0 Å². The molecule has 2 heterocycles. The number of rotatable bonds is 3. The number of fused-ring (bicyclic) bond motifs is 1. The second kappa shape index (κ2) is 6.69. The van der Waals surface area contributed by atoms with Crippen LogP contribution in [0.25, 0.3) is 16.9 Å². The number of carbonyl (C=O) groups excluding carboxylic acids is 1. The van der Waals surface area contributed by atoms with E-state index in [1.165, 1.54) is 4.52 Å². The first-order valence-electron chi connectivity index (χ1n) is 8.18. The minimum absolute atomic E-state index is 0.0107. The van der Waals surface area contributed by atoms with Gasteiger partial charge in [0.25, 0.3) is 5.91 Å². The lowest BCUT2D eigenvalue weighted by molar-refractivity contribution is 0.102. The average Bonchev–Trinajstić information content (AvgIpc) is 3.09. The zero-order valence-electron chi connectivity index (χ0n) is 14.3. The van der Waals surface area contributed by atoms with E-state index in [0.29, 0.717) is 22.1 Å². The predicted molar refractivity (Wildman–Crippen MR) is 105 cm³/mol. The Morgan fingerprint density at radius 2 is 1.85 bits per heavy atom. The number of anilines is 2. The first kappa shape index (κ1) is 17.0. The van der Waals surface area contributed by atoms with E-state index in [2.05, 4.69) is 20.6 Å². The van der Waals surface area contributed by atoms with E-state index >= 15 is 0 Å². The summed E-state index contributed by atoms with van der Waals surface area (Å²) >= 11 is 5.92. The third-order valence-corrected chi connectivity index (χ3v) is 4.41. The van der Waals surface area contributed by atoms with Crippen LogP contribution in [0.3, 0.4) is 0 Å². The number of nitrogens with one attached hydrogen (secondary N) is 1. The van der Waals surface area contributed by atoms with Crippen molar-refractivity contribution < 1.29 is 4.79 Å². The number of aryl methyl sites for hydroxylation is 1. The highest BCUT2D eigenvalue weighted by Gasteiger charge is 2.18. The lowest BCUT2D eigenvalue weighted by Gasteiger charge is -2.09. The molecule has 0 saturated heterocycles. The molecule has 8 heteroatoms. The topological polar surface area (TPSA) is 98.2 Å². The Morgan fingerprint density at radius 3 is 2.59 bits per heavy atom. The minimum Gasteiger partial charge on any atom is -0.382 e. The molecule has 0 bridgehead atoms.